The molecule has 0 aliphatic carbocycles. The third-order valence-electron chi connectivity index (χ3n) is 2.61. The molecule has 0 spiro atoms. The molecule has 0 bridgehead atoms. The monoisotopic (exact) mass is 255 g/mol. The molecular formula is C12H12F3N3. The Morgan fingerprint density at radius 3 is 2.44 bits per heavy atom. The fourth-order valence-corrected chi connectivity index (χ4v) is 1.73. The van der Waals surface area contributed by atoms with Gasteiger partial charge in [-0.2, -0.15) is 18.3 Å². The van der Waals surface area contributed by atoms with Crippen molar-refractivity contribution in [1.29, 1.82) is 0 Å². The number of hydrogen-bond donors (Lipinski definition) is 1. The summed E-state index contributed by atoms with van der Waals surface area (Å²) in [7, 11) is 0. The first kappa shape index (κ1) is 12.5. The van der Waals surface area contributed by atoms with Gasteiger partial charge in [-0.1, -0.05) is 12.1 Å². The van der Waals surface area contributed by atoms with Crippen LogP contribution < -0.4 is 5.73 Å². The first-order valence-electron chi connectivity index (χ1n) is 5.29. The lowest BCUT2D eigenvalue weighted by atomic mass is 10.1. The molecule has 1 heterocycles. The maximum Gasteiger partial charge on any atom is 0.433 e. The van der Waals surface area contributed by atoms with Crippen molar-refractivity contribution in [2.24, 2.45) is 0 Å². The highest BCUT2D eigenvalue weighted by molar-refractivity contribution is 5.46. The number of anilines is 1. The predicted molar refractivity (Wildman–Crippen MR) is 62.5 cm³/mol. The lowest BCUT2D eigenvalue weighted by Crippen LogP contribution is -2.14. The van der Waals surface area contributed by atoms with Crippen LogP contribution in [0.2, 0.25) is 0 Å². The molecule has 0 atom stereocenters. The molecule has 1 aromatic heterocycles. The number of nitrogen functional groups attached to an aromatic ring is 1. The summed E-state index contributed by atoms with van der Waals surface area (Å²) >= 11 is 0. The molecule has 1 aromatic carbocycles. The number of hydrogen-bond acceptors (Lipinski definition) is 2. The normalized spacial score (nSPS) is 11.8. The van der Waals surface area contributed by atoms with Gasteiger partial charge in [-0.05, 0) is 31.0 Å². The van der Waals surface area contributed by atoms with Gasteiger partial charge in [0.15, 0.2) is 0 Å². The molecule has 0 aliphatic rings. The average molecular weight is 255 g/mol. The molecule has 18 heavy (non-hydrogen) atoms. The second-order valence-electron chi connectivity index (χ2n) is 4.15. The van der Waals surface area contributed by atoms with E-state index in [4.69, 9.17) is 5.73 Å². The van der Waals surface area contributed by atoms with Crippen LogP contribution in [0.3, 0.4) is 0 Å². The molecule has 2 aromatic rings. The molecule has 3 nitrogen and oxygen atoms in total. The van der Waals surface area contributed by atoms with Crippen LogP contribution in [0.25, 0.3) is 5.69 Å². The van der Waals surface area contributed by atoms with Gasteiger partial charge in [-0.3, -0.25) is 0 Å². The first-order chi connectivity index (χ1) is 8.29. The smallest absolute Gasteiger partial charge is 0.382 e. The summed E-state index contributed by atoms with van der Waals surface area (Å²) < 4.78 is 39.4. The van der Waals surface area contributed by atoms with Crippen molar-refractivity contribution in [1.82, 2.24) is 9.78 Å². The van der Waals surface area contributed by atoms with Gasteiger partial charge in [0.1, 0.15) is 11.5 Å². The zero-order valence-corrected chi connectivity index (χ0v) is 9.92. The molecule has 0 unspecified atom stereocenters. The van der Waals surface area contributed by atoms with Crippen molar-refractivity contribution in [2.75, 3.05) is 5.73 Å². The largest absolute Gasteiger partial charge is 0.433 e. The van der Waals surface area contributed by atoms with Crippen molar-refractivity contribution in [3.63, 3.8) is 0 Å². The Kier molecular flexibility index (Phi) is 2.80. The number of aromatic nitrogens is 2. The Morgan fingerprint density at radius 1 is 1.17 bits per heavy atom. The summed E-state index contributed by atoms with van der Waals surface area (Å²) in [6.45, 7) is 3.54. The van der Waals surface area contributed by atoms with Crippen LogP contribution in [0.4, 0.5) is 19.0 Å². The van der Waals surface area contributed by atoms with E-state index in [0.29, 0.717) is 11.3 Å². The topological polar surface area (TPSA) is 43.8 Å². The van der Waals surface area contributed by atoms with Gasteiger partial charge in [0.25, 0.3) is 0 Å². The fraction of sp³-hybridized carbons (Fsp3) is 0.250. The molecular weight excluding hydrogens is 243 g/mol. The van der Waals surface area contributed by atoms with Gasteiger partial charge < -0.3 is 5.73 Å². The van der Waals surface area contributed by atoms with Gasteiger partial charge in [0, 0.05) is 6.07 Å². The van der Waals surface area contributed by atoms with Crippen LogP contribution in [0, 0.1) is 13.8 Å². The van der Waals surface area contributed by atoms with E-state index in [2.05, 4.69) is 5.10 Å². The fourth-order valence-electron chi connectivity index (χ4n) is 1.73. The molecule has 2 rings (SSSR count). The van der Waals surface area contributed by atoms with E-state index in [0.717, 1.165) is 16.3 Å². The van der Waals surface area contributed by atoms with E-state index in [-0.39, 0.29) is 5.82 Å². The number of aryl methyl sites for hydroxylation is 2. The Hall–Kier alpha value is -1.98. The van der Waals surface area contributed by atoms with Crippen LogP contribution in [0.1, 0.15) is 16.8 Å². The molecule has 96 valence electrons. The summed E-state index contributed by atoms with van der Waals surface area (Å²) in [5, 5.41) is 3.72. The number of alkyl halides is 3. The van der Waals surface area contributed by atoms with Crippen molar-refractivity contribution in [2.45, 2.75) is 20.0 Å². The highest BCUT2D eigenvalue weighted by Crippen LogP contribution is 2.32. The lowest BCUT2D eigenvalue weighted by Gasteiger charge is -2.12. The maximum atomic E-state index is 12.9. The van der Waals surface area contributed by atoms with E-state index < -0.39 is 11.9 Å². The van der Waals surface area contributed by atoms with Crippen molar-refractivity contribution < 1.29 is 13.2 Å². The van der Waals surface area contributed by atoms with E-state index in [1.165, 1.54) is 0 Å². The Balaban J connectivity index is 2.67. The summed E-state index contributed by atoms with van der Waals surface area (Å²) in [4.78, 5) is 0. The highest BCUT2D eigenvalue weighted by Gasteiger charge is 2.36. The minimum absolute atomic E-state index is 0.150. The van der Waals surface area contributed by atoms with Crippen LogP contribution in [0.5, 0.6) is 0 Å². The Labute approximate surface area is 102 Å². The third-order valence-corrected chi connectivity index (χ3v) is 2.61. The first-order valence-corrected chi connectivity index (χ1v) is 5.29. The molecule has 0 saturated carbocycles. The number of nitrogens with two attached hydrogens (primary N) is 1. The van der Waals surface area contributed by atoms with Crippen LogP contribution >= 0.6 is 0 Å². The minimum atomic E-state index is -4.49. The quantitative estimate of drug-likeness (QED) is 0.851. The van der Waals surface area contributed by atoms with Crippen molar-refractivity contribution >= 4 is 5.82 Å². The highest BCUT2D eigenvalue weighted by atomic mass is 19.4. The molecule has 0 saturated heterocycles. The molecule has 0 radical (unpaired) electrons. The number of benzene rings is 1. The number of halogens is 3. The second kappa shape index (κ2) is 4.04. The summed E-state index contributed by atoms with van der Waals surface area (Å²) in [5.74, 6) is -0.150. The van der Waals surface area contributed by atoms with Crippen LogP contribution in [-0.4, -0.2) is 9.78 Å². The van der Waals surface area contributed by atoms with Crippen LogP contribution in [-0.2, 0) is 6.18 Å². The Bertz CT molecular complexity index is 585. The zero-order valence-electron chi connectivity index (χ0n) is 9.92. The maximum absolute atomic E-state index is 12.9. The zero-order chi connectivity index (χ0) is 13.5. The van der Waals surface area contributed by atoms with E-state index in [9.17, 15) is 13.2 Å². The van der Waals surface area contributed by atoms with Crippen molar-refractivity contribution in [3.05, 3.63) is 41.1 Å². The van der Waals surface area contributed by atoms with Gasteiger partial charge in [-0.25, -0.2) is 4.68 Å². The lowest BCUT2D eigenvalue weighted by molar-refractivity contribution is -0.142. The van der Waals surface area contributed by atoms with Gasteiger partial charge >= 0.3 is 6.18 Å². The summed E-state index contributed by atoms with van der Waals surface area (Å²) in [5.41, 5.74) is 6.45. The predicted octanol–water partition coefficient (Wildman–Crippen LogP) is 3.09. The number of rotatable bonds is 1. The minimum Gasteiger partial charge on any atom is -0.382 e. The van der Waals surface area contributed by atoms with Gasteiger partial charge in [-0.15, -0.1) is 0 Å². The Morgan fingerprint density at radius 2 is 1.83 bits per heavy atom. The van der Waals surface area contributed by atoms with E-state index >= 15 is 0 Å². The SMILES string of the molecule is Cc1ccc(C)c(-n2nc(N)cc2C(F)(F)F)c1. The summed E-state index contributed by atoms with van der Waals surface area (Å²) in [6, 6.07) is 6.07. The van der Waals surface area contributed by atoms with E-state index in [1.807, 2.05) is 13.0 Å². The number of nitrogens with zero attached hydrogens (tertiary/aromatic N) is 2. The van der Waals surface area contributed by atoms with Crippen LogP contribution in [0.15, 0.2) is 24.3 Å². The molecule has 0 amide bonds. The van der Waals surface area contributed by atoms with Gasteiger partial charge in [0.2, 0.25) is 0 Å². The molecule has 6 heteroatoms. The standard InChI is InChI=1S/C12H12F3N3/c1-7-3-4-8(2)9(5-7)18-10(12(13,14)15)6-11(16)17-18/h3-6H,1-2H3,(H2,16,17). The molecule has 0 aliphatic heterocycles. The van der Waals surface area contributed by atoms with Crippen molar-refractivity contribution in [3.8, 4) is 5.69 Å². The molecule has 0 fully saturated rings. The second-order valence-corrected chi connectivity index (χ2v) is 4.15. The van der Waals surface area contributed by atoms with E-state index in [1.54, 1.807) is 19.1 Å². The van der Waals surface area contributed by atoms with Gasteiger partial charge in [0.05, 0.1) is 5.69 Å². The average Bonchev–Trinajstić information content (AvgIpc) is 2.63. The third kappa shape index (κ3) is 2.18. The summed E-state index contributed by atoms with van der Waals surface area (Å²) in [6.07, 6.45) is -4.49. The molecule has 2 N–H and O–H groups in total.